The first kappa shape index (κ1) is 14.9. The summed E-state index contributed by atoms with van der Waals surface area (Å²) in [6.07, 6.45) is 0.518. The Balaban J connectivity index is 1.72. The van der Waals surface area contributed by atoms with Crippen molar-refractivity contribution in [1.29, 1.82) is 0 Å². The highest BCUT2D eigenvalue weighted by atomic mass is 16.5. The Bertz CT molecular complexity index is 682. The van der Waals surface area contributed by atoms with Crippen LogP contribution in [0.1, 0.15) is 23.3 Å². The molecule has 1 aromatic heterocycles. The highest BCUT2D eigenvalue weighted by Gasteiger charge is 2.33. The van der Waals surface area contributed by atoms with E-state index in [-0.39, 0.29) is 24.5 Å². The number of aliphatic hydroxyl groups is 2. The van der Waals surface area contributed by atoms with Gasteiger partial charge in [0.2, 0.25) is 0 Å². The van der Waals surface area contributed by atoms with Crippen molar-refractivity contribution in [2.24, 2.45) is 5.92 Å². The standard InChI is InChI=1S/C16H20N2O4/c1-22-12-3-2-9-5-14(18-13(9)7-12)16(21)17-11-4-10(8-19)15(20)6-11/h2-3,5,7,10-11,15,18-20H,4,6,8H2,1H3,(H,17,21)/t10-,11-,15-/m0/s1. The summed E-state index contributed by atoms with van der Waals surface area (Å²) >= 11 is 0. The molecule has 0 aliphatic heterocycles. The SMILES string of the molecule is COc1ccc2cc(C(=O)N[C@H]3C[C@@H](CO)[C@@H](O)C3)[nH]c2c1. The van der Waals surface area contributed by atoms with Crippen molar-refractivity contribution in [2.75, 3.05) is 13.7 Å². The van der Waals surface area contributed by atoms with Crippen molar-refractivity contribution in [1.82, 2.24) is 10.3 Å². The van der Waals surface area contributed by atoms with Crippen LogP contribution in [0.25, 0.3) is 10.9 Å². The van der Waals surface area contributed by atoms with Gasteiger partial charge in [0.15, 0.2) is 0 Å². The minimum atomic E-state index is -0.553. The Morgan fingerprint density at radius 3 is 2.91 bits per heavy atom. The fourth-order valence-corrected chi connectivity index (χ4v) is 3.04. The van der Waals surface area contributed by atoms with E-state index in [0.29, 0.717) is 18.5 Å². The van der Waals surface area contributed by atoms with Crippen molar-refractivity contribution < 1.29 is 19.7 Å². The number of benzene rings is 1. The molecule has 1 saturated carbocycles. The van der Waals surface area contributed by atoms with Crippen LogP contribution in [-0.2, 0) is 0 Å². The first-order valence-electron chi connectivity index (χ1n) is 7.37. The lowest BCUT2D eigenvalue weighted by Crippen LogP contribution is -2.33. The van der Waals surface area contributed by atoms with Crippen LogP contribution in [0.15, 0.2) is 24.3 Å². The van der Waals surface area contributed by atoms with Crippen LogP contribution in [0.3, 0.4) is 0 Å². The first-order valence-corrected chi connectivity index (χ1v) is 7.37. The number of hydrogen-bond acceptors (Lipinski definition) is 4. The van der Waals surface area contributed by atoms with Crippen LogP contribution < -0.4 is 10.1 Å². The summed E-state index contributed by atoms with van der Waals surface area (Å²) in [6.45, 7) is -0.0558. The van der Waals surface area contributed by atoms with Gasteiger partial charge in [-0.25, -0.2) is 0 Å². The summed E-state index contributed by atoms with van der Waals surface area (Å²) in [5.41, 5.74) is 1.31. The zero-order chi connectivity index (χ0) is 15.7. The topological polar surface area (TPSA) is 94.6 Å². The molecule has 22 heavy (non-hydrogen) atoms. The summed E-state index contributed by atoms with van der Waals surface area (Å²) < 4.78 is 5.16. The second-order valence-corrected chi connectivity index (χ2v) is 5.79. The summed E-state index contributed by atoms with van der Waals surface area (Å²) in [6, 6.07) is 7.26. The van der Waals surface area contributed by atoms with E-state index in [1.807, 2.05) is 18.2 Å². The number of ether oxygens (including phenoxy) is 1. The number of H-pyrrole nitrogens is 1. The number of aromatic nitrogens is 1. The van der Waals surface area contributed by atoms with Crippen LogP contribution in [0.4, 0.5) is 0 Å². The van der Waals surface area contributed by atoms with Gasteiger partial charge in [-0.1, -0.05) is 0 Å². The highest BCUT2D eigenvalue weighted by molar-refractivity contribution is 5.98. The molecular weight excluding hydrogens is 284 g/mol. The Kier molecular flexibility index (Phi) is 4.04. The van der Waals surface area contributed by atoms with Crippen molar-refractivity contribution >= 4 is 16.8 Å². The molecule has 0 spiro atoms. The summed E-state index contributed by atoms with van der Waals surface area (Å²) in [5.74, 6) is 0.370. The Labute approximate surface area is 128 Å². The van der Waals surface area contributed by atoms with Crippen LogP contribution in [-0.4, -0.2) is 47.0 Å². The molecule has 0 unspecified atom stereocenters. The van der Waals surface area contributed by atoms with E-state index in [4.69, 9.17) is 9.84 Å². The number of aliphatic hydroxyl groups excluding tert-OH is 2. The Hall–Kier alpha value is -2.05. The van der Waals surface area contributed by atoms with Gasteiger partial charge in [-0.3, -0.25) is 4.79 Å². The fraction of sp³-hybridized carbons (Fsp3) is 0.438. The number of nitrogens with one attached hydrogen (secondary N) is 2. The molecular formula is C16H20N2O4. The minimum absolute atomic E-state index is 0.0558. The predicted octanol–water partition coefficient (Wildman–Crippen LogP) is 1.04. The number of rotatable bonds is 4. The van der Waals surface area contributed by atoms with Crippen molar-refractivity contribution in [2.45, 2.75) is 25.0 Å². The van der Waals surface area contributed by atoms with Gasteiger partial charge < -0.3 is 25.3 Å². The molecule has 2 aromatic rings. The molecule has 118 valence electrons. The molecule has 1 fully saturated rings. The first-order chi connectivity index (χ1) is 10.6. The van der Waals surface area contributed by atoms with E-state index in [2.05, 4.69) is 10.3 Å². The lowest BCUT2D eigenvalue weighted by Gasteiger charge is -2.11. The normalized spacial score (nSPS) is 24.6. The van der Waals surface area contributed by atoms with Gasteiger partial charge in [-0.15, -0.1) is 0 Å². The number of amides is 1. The Morgan fingerprint density at radius 1 is 1.41 bits per heavy atom. The number of methoxy groups -OCH3 is 1. The molecule has 0 bridgehead atoms. The van der Waals surface area contributed by atoms with E-state index >= 15 is 0 Å². The van der Waals surface area contributed by atoms with Crippen molar-refractivity contribution in [3.63, 3.8) is 0 Å². The van der Waals surface area contributed by atoms with Crippen molar-refractivity contribution in [3.8, 4) is 5.75 Å². The third kappa shape index (κ3) is 2.80. The third-order valence-electron chi connectivity index (χ3n) is 4.30. The van der Waals surface area contributed by atoms with E-state index in [1.165, 1.54) is 0 Å². The number of aromatic amines is 1. The number of hydrogen-bond donors (Lipinski definition) is 4. The maximum Gasteiger partial charge on any atom is 0.267 e. The molecule has 6 nitrogen and oxygen atoms in total. The number of fused-ring (bicyclic) bond motifs is 1. The largest absolute Gasteiger partial charge is 0.497 e. The fourth-order valence-electron chi connectivity index (χ4n) is 3.04. The zero-order valence-electron chi connectivity index (χ0n) is 12.4. The quantitative estimate of drug-likeness (QED) is 0.679. The van der Waals surface area contributed by atoms with E-state index in [1.54, 1.807) is 13.2 Å². The molecule has 1 aromatic carbocycles. The molecule has 3 atom stereocenters. The third-order valence-corrected chi connectivity index (χ3v) is 4.30. The molecule has 0 saturated heterocycles. The predicted molar refractivity (Wildman–Crippen MR) is 81.9 cm³/mol. The van der Waals surface area contributed by atoms with Gasteiger partial charge in [0.05, 0.1) is 13.2 Å². The lowest BCUT2D eigenvalue weighted by molar-refractivity contribution is 0.0902. The Morgan fingerprint density at radius 2 is 2.23 bits per heavy atom. The van der Waals surface area contributed by atoms with Gasteiger partial charge in [-0.2, -0.15) is 0 Å². The van der Waals surface area contributed by atoms with Crippen molar-refractivity contribution in [3.05, 3.63) is 30.0 Å². The lowest BCUT2D eigenvalue weighted by atomic mass is 10.1. The summed E-state index contributed by atoms with van der Waals surface area (Å²) in [5, 5.41) is 22.8. The van der Waals surface area contributed by atoms with Crippen LogP contribution in [0, 0.1) is 5.92 Å². The average molecular weight is 304 g/mol. The summed E-state index contributed by atoms with van der Waals surface area (Å²) in [7, 11) is 1.60. The molecule has 1 aliphatic rings. The molecule has 4 N–H and O–H groups in total. The maximum atomic E-state index is 12.3. The average Bonchev–Trinajstić information content (AvgIpc) is 3.09. The van der Waals surface area contributed by atoms with Crippen LogP contribution in [0.5, 0.6) is 5.75 Å². The molecule has 1 aliphatic carbocycles. The van der Waals surface area contributed by atoms with Gasteiger partial charge in [-0.05, 0) is 31.0 Å². The second-order valence-electron chi connectivity index (χ2n) is 5.79. The van der Waals surface area contributed by atoms with Gasteiger partial charge >= 0.3 is 0 Å². The highest BCUT2D eigenvalue weighted by Crippen LogP contribution is 2.26. The van der Waals surface area contributed by atoms with E-state index in [9.17, 15) is 9.90 Å². The zero-order valence-corrected chi connectivity index (χ0v) is 12.4. The molecule has 1 heterocycles. The molecule has 3 rings (SSSR count). The maximum absolute atomic E-state index is 12.3. The monoisotopic (exact) mass is 304 g/mol. The minimum Gasteiger partial charge on any atom is -0.497 e. The second kappa shape index (κ2) is 5.98. The molecule has 0 radical (unpaired) electrons. The molecule has 6 heteroatoms. The van der Waals surface area contributed by atoms with E-state index < -0.39 is 6.10 Å². The van der Waals surface area contributed by atoms with Gasteiger partial charge in [0.25, 0.3) is 5.91 Å². The number of carbonyl (C=O) groups excluding carboxylic acids is 1. The van der Waals surface area contributed by atoms with Gasteiger partial charge in [0, 0.05) is 35.5 Å². The smallest absolute Gasteiger partial charge is 0.267 e. The molecule has 1 amide bonds. The van der Waals surface area contributed by atoms with Gasteiger partial charge in [0.1, 0.15) is 11.4 Å². The number of carbonyl (C=O) groups is 1. The van der Waals surface area contributed by atoms with Crippen LogP contribution in [0.2, 0.25) is 0 Å². The summed E-state index contributed by atoms with van der Waals surface area (Å²) in [4.78, 5) is 15.4. The van der Waals surface area contributed by atoms with E-state index in [0.717, 1.165) is 16.7 Å². The van der Waals surface area contributed by atoms with Crippen LogP contribution >= 0.6 is 0 Å².